The molecular weight excluding hydrogens is 553 g/mol. The lowest BCUT2D eigenvalue weighted by Gasteiger charge is -2.26. The molecule has 0 heteroatoms. The van der Waals surface area contributed by atoms with E-state index in [1.54, 1.807) is 0 Å². The standard InChI is InChI=1S/C46H50/c1-43(2,3)32-17-18-36-27(19-32)13-14-29-21-34(45(7,8)9)25-38(41(29)36)37-24-31-23-33(44(4,5)6)20-28-15-16-30-22-35(46(10,11)12)26-39(37)42(30)40(28)31/h13-26H,1-12H3. The van der Waals surface area contributed by atoms with Crippen LogP contribution in [0.5, 0.6) is 0 Å². The predicted molar refractivity (Wildman–Crippen MR) is 205 cm³/mol. The van der Waals surface area contributed by atoms with Gasteiger partial charge in [0.25, 0.3) is 0 Å². The normalized spacial score (nSPS) is 13.7. The topological polar surface area (TPSA) is 0 Å². The molecule has 0 spiro atoms. The van der Waals surface area contributed by atoms with Crippen LogP contribution >= 0.6 is 0 Å². The first-order valence-electron chi connectivity index (χ1n) is 17.1. The van der Waals surface area contributed by atoms with Crippen molar-refractivity contribution < 1.29 is 0 Å². The summed E-state index contributed by atoms with van der Waals surface area (Å²) in [5, 5.41) is 13.5. The molecule has 0 nitrogen and oxygen atoms in total. The maximum Gasteiger partial charge on any atom is -0.00204 e. The second-order valence-electron chi connectivity index (χ2n) is 18.0. The summed E-state index contributed by atoms with van der Waals surface area (Å²) in [4.78, 5) is 0. The number of rotatable bonds is 1. The van der Waals surface area contributed by atoms with Gasteiger partial charge in [-0.05, 0) is 127 Å². The molecule has 0 aliphatic heterocycles. The quantitative estimate of drug-likeness (QED) is 0.164. The number of hydrogen-bond acceptors (Lipinski definition) is 0. The summed E-state index contributed by atoms with van der Waals surface area (Å²) < 4.78 is 0. The van der Waals surface area contributed by atoms with E-state index in [9.17, 15) is 0 Å². The van der Waals surface area contributed by atoms with Crippen molar-refractivity contribution >= 4 is 53.9 Å². The molecule has 7 aromatic carbocycles. The lowest BCUT2D eigenvalue weighted by Crippen LogP contribution is -2.12. The van der Waals surface area contributed by atoms with E-state index in [0.29, 0.717) is 0 Å². The third-order valence-electron chi connectivity index (χ3n) is 10.3. The Hall–Kier alpha value is -3.90. The van der Waals surface area contributed by atoms with E-state index < -0.39 is 0 Å². The van der Waals surface area contributed by atoms with E-state index in [0.717, 1.165) is 0 Å². The number of fused-ring (bicyclic) bond motifs is 3. The second-order valence-corrected chi connectivity index (χ2v) is 18.0. The zero-order valence-electron chi connectivity index (χ0n) is 30.1. The zero-order chi connectivity index (χ0) is 33.1. The summed E-state index contributed by atoms with van der Waals surface area (Å²) in [5.74, 6) is 0. The van der Waals surface area contributed by atoms with Gasteiger partial charge in [-0.3, -0.25) is 0 Å². The van der Waals surface area contributed by atoms with Crippen LogP contribution in [0.25, 0.3) is 65.0 Å². The Morgan fingerprint density at radius 3 is 1.28 bits per heavy atom. The highest BCUT2D eigenvalue weighted by molar-refractivity contribution is 6.28. The Bertz CT molecular complexity index is 2320. The van der Waals surface area contributed by atoms with Crippen molar-refractivity contribution in [2.24, 2.45) is 0 Å². The lowest BCUT2D eigenvalue weighted by molar-refractivity contribution is 0.591. The molecule has 46 heavy (non-hydrogen) atoms. The van der Waals surface area contributed by atoms with Gasteiger partial charge < -0.3 is 0 Å². The van der Waals surface area contributed by atoms with Crippen LogP contribution in [0, 0.1) is 0 Å². The first kappa shape index (κ1) is 30.7. The second kappa shape index (κ2) is 9.80. The van der Waals surface area contributed by atoms with Crippen LogP contribution in [-0.2, 0) is 21.7 Å². The summed E-state index contributed by atoms with van der Waals surface area (Å²) in [6.45, 7) is 27.9. The van der Waals surface area contributed by atoms with E-state index in [-0.39, 0.29) is 21.7 Å². The van der Waals surface area contributed by atoms with E-state index in [2.05, 4.69) is 168 Å². The van der Waals surface area contributed by atoms with E-state index in [4.69, 9.17) is 0 Å². The highest BCUT2D eigenvalue weighted by Crippen LogP contribution is 2.47. The molecule has 7 aromatic rings. The molecule has 0 aliphatic rings. The molecule has 234 valence electrons. The zero-order valence-corrected chi connectivity index (χ0v) is 30.1. The Morgan fingerprint density at radius 2 is 0.717 bits per heavy atom. The van der Waals surface area contributed by atoms with Crippen molar-refractivity contribution in [3.8, 4) is 11.1 Å². The maximum atomic E-state index is 2.52. The van der Waals surface area contributed by atoms with Crippen LogP contribution in [0.3, 0.4) is 0 Å². The highest BCUT2D eigenvalue weighted by Gasteiger charge is 2.25. The summed E-state index contributed by atoms with van der Waals surface area (Å²) >= 11 is 0. The van der Waals surface area contributed by atoms with Gasteiger partial charge in [-0.1, -0.05) is 150 Å². The first-order valence-corrected chi connectivity index (χ1v) is 17.1. The lowest BCUT2D eigenvalue weighted by atomic mass is 9.78. The Labute approximate surface area is 276 Å². The molecule has 0 saturated carbocycles. The fourth-order valence-corrected chi connectivity index (χ4v) is 7.33. The van der Waals surface area contributed by atoms with Gasteiger partial charge in [-0.25, -0.2) is 0 Å². The van der Waals surface area contributed by atoms with Crippen LogP contribution in [-0.4, -0.2) is 0 Å². The van der Waals surface area contributed by atoms with Crippen molar-refractivity contribution in [2.45, 2.75) is 105 Å². The average Bonchev–Trinajstić information content (AvgIpc) is 2.96. The third-order valence-corrected chi connectivity index (χ3v) is 10.3. The molecule has 0 bridgehead atoms. The molecule has 0 radical (unpaired) electrons. The van der Waals surface area contributed by atoms with Gasteiger partial charge in [0.1, 0.15) is 0 Å². The average molecular weight is 603 g/mol. The summed E-state index contributed by atoms with van der Waals surface area (Å²) in [7, 11) is 0. The van der Waals surface area contributed by atoms with Gasteiger partial charge in [0.05, 0.1) is 0 Å². The van der Waals surface area contributed by atoms with Crippen molar-refractivity contribution in [3.63, 3.8) is 0 Å². The molecule has 0 aliphatic carbocycles. The predicted octanol–water partition coefficient (Wildman–Crippen LogP) is 13.7. The van der Waals surface area contributed by atoms with E-state index in [1.165, 1.54) is 87.2 Å². The van der Waals surface area contributed by atoms with Crippen molar-refractivity contribution in [1.29, 1.82) is 0 Å². The first-order chi connectivity index (χ1) is 21.3. The van der Waals surface area contributed by atoms with Gasteiger partial charge in [-0.15, -0.1) is 0 Å². The SMILES string of the molecule is CC(C)(C)c1ccc2c(ccc3cc(C(C)(C)C)cc(-c4cc5cc(C(C)(C)C)cc6ccc7cc(C(C)(C)C)cc4c7c65)c32)c1. The smallest absolute Gasteiger partial charge is 0.00204 e. The van der Waals surface area contributed by atoms with E-state index in [1.807, 2.05) is 0 Å². The Morgan fingerprint density at radius 1 is 0.283 bits per heavy atom. The minimum Gasteiger partial charge on any atom is -0.0578 e. The molecule has 0 unspecified atom stereocenters. The summed E-state index contributed by atoms with van der Waals surface area (Å²) in [6, 6.07) is 33.9. The molecule has 0 saturated heterocycles. The van der Waals surface area contributed by atoms with Crippen LogP contribution < -0.4 is 0 Å². The van der Waals surface area contributed by atoms with Crippen LogP contribution in [0.4, 0.5) is 0 Å². The highest BCUT2D eigenvalue weighted by atomic mass is 14.3. The van der Waals surface area contributed by atoms with Gasteiger partial charge in [0.2, 0.25) is 0 Å². The van der Waals surface area contributed by atoms with Gasteiger partial charge >= 0.3 is 0 Å². The monoisotopic (exact) mass is 602 g/mol. The molecule has 0 atom stereocenters. The van der Waals surface area contributed by atoms with Crippen LogP contribution in [0.1, 0.15) is 105 Å². The fourth-order valence-electron chi connectivity index (χ4n) is 7.33. The number of hydrogen-bond donors (Lipinski definition) is 0. The summed E-state index contributed by atoms with van der Waals surface area (Å²) in [6.07, 6.45) is 0. The van der Waals surface area contributed by atoms with E-state index >= 15 is 0 Å². The van der Waals surface area contributed by atoms with Gasteiger partial charge in [0, 0.05) is 0 Å². The Balaban J connectivity index is 1.71. The van der Waals surface area contributed by atoms with Crippen molar-refractivity contribution in [1.82, 2.24) is 0 Å². The van der Waals surface area contributed by atoms with Gasteiger partial charge in [0.15, 0.2) is 0 Å². The summed E-state index contributed by atoms with van der Waals surface area (Å²) in [5.41, 5.74) is 8.40. The minimum absolute atomic E-state index is 0.0170. The van der Waals surface area contributed by atoms with Crippen molar-refractivity contribution in [2.75, 3.05) is 0 Å². The van der Waals surface area contributed by atoms with Crippen LogP contribution in [0.15, 0.2) is 84.9 Å². The molecule has 7 rings (SSSR count). The fraction of sp³-hybridized carbons (Fsp3) is 0.348. The maximum absolute atomic E-state index is 2.52. The van der Waals surface area contributed by atoms with Crippen LogP contribution in [0.2, 0.25) is 0 Å². The molecule has 0 aromatic heterocycles. The molecule has 0 heterocycles. The minimum atomic E-state index is 0.0170. The molecule has 0 fully saturated rings. The molecule has 0 N–H and O–H groups in total. The van der Waals surface area contributed by atoms with Crippen molar-refractivity contribution in [3.05, 3.63) is 107 Å². The largest absolute Gasteiger partial charge is 0.0578 e. The van der Waals surface area contributed by atoms with Gasteiger partial charge in [-0.2, -0.15) is 0 Å². The molecule has 0 amide bonds. The Kier molecular flexibility index (Phi) is 6.55. The number of benzene rings is 7. The third kappa shape index (κ3) is 4.97. The molecular formula is C46H50.